The molecule has 0 amide bonds. The van der Waals surface area contributed by atoms with Crippen LogP contribution in [0, 0.1) is 6.92 Å². The summed E-state index contributed by atoms with van der Waals surface area (Å²) in [5.74, 6) is 0.295. The van der Waals surface area contributed by atoms with Gasteiger partial charge in [-0.1, -0.05) is 24.3 Å². The quantitative estimate of drug-likeness (QED) is 0.746. The number of rotatable bonds is 4. The average Bonchev–Trinajstić information content (AvgIpc) is 2.08. The molecule has 1 aromatic carbocycles. The number of sulfone groups is 1. The minimum absolute atomic E-state index is 0.0445. The van der Waals surface area contributed by atoms with Crippen molar-refractivity contribution in [3.63, 3.8) is 0 Å². The molecule has 14 heavy (non-hydrogen) atoms. The second kappa shape index (κ2) is 4.80. The van der Waals surface area contributed by atoms with Gasteiger partial charge in [-0.3, -0.25) is 0 Å². The molecule has 0 saturated carbocycles. The van der Waals surface area contributed by atoms with Gasteiger partial charge in [0.2, 0.25) is 0 Å². The molecule has 78 valence electrons. The van der Waals surface area contributed by atoms with Crippen molar-refractivity contribution in [2.24, 2.45) is 0 Å². The van der Waals surface area contributed by atoms with Crippen molar-refractivity contribution in [2.75, 3.05) is 11.6 Å². The number of alkyl halides is 1. The first-order chi connectivity index (χ1) is 6.55. The van der Waals surface area contributed by atoms with Gasteiger partial charge in [-0.05, 0) is 18.1 Å². The van der Waals surface area contributed by atoms with Crippen LogP contribution in [-0.4, -0.2) is 20.1 Å². The van der Waals surface area contributed by atoms with Crippen LogP contribution in [0.3, 0.4) is 0 Å². The fourth-order valence-electron chi connectivity index (χ4n) is 1.20. The van der Waals surface area contributed by atoms with E-state index in [2.05, 4.69) is 0 Å². The van der Waals surface area contributed by atoms with Crippen molar-refractivity contribution < 1.29 is 8.42 Å². The lowest BCUT2D eigenvalue weighted by molar-refractivity contribution is 0.596. The smallest absolute Gasteiger partial charge is 0.155 e. The van der Waals surface area contributed by atoms with Crippen LogP contribution < -0.4 is 0 Å². The van der Waals surface area contributed by atoms with Gasteiger partial charge in [0.15, 0.2) is 9.84 Å². The Hall–Kier alpha value is -0.540. The van der Waals surface area contributed by atoms with Gasteiger partial charge in [0.05, 0.1) is 11.5 Å². The Bertz CT molecular complexity index is 398. The van der Waals surface area contributed by atoms with Gasteiger partial charge in [-0.15, -0.1) is 11.6 Å². The summed E-state index contributed by atoms with van der Waals surface area (Å²) in [4.78, 5) is 0. The van der Waals surface area contributed by atoms with E-state index in [4.69, 9.17) is 11.6 Å². The van der Waals surface area contributed by atoms with E-state index in [0.717, 1.165) is 11.1 Å². The SMILES string of the molecule is Cc1ccccc1CS(=O)(=O)CCCl. The summed E-state index contributed by atoms with van der Waals surface area (Å²) >= 11 is 5.41. The number of benzene rings is 1. The highest BCUT2D eigenvalue weighted by Gasteiger charge is 2.11. The maximum Gasteiger partial charge on any atom is 0.155 e. The summed E-state index contributed by atoms with van der Waals surface area (Å²) in [7, 11) is -3.04. The van der Waals surface area contributed by atoms with Crippen LogP contribution in [0.25, 0.3) is 0 Å². The molecule has 0 atom stereocenters. The zero-order valence-corrected chi connectivity index (χ0v) is 9.61. The third-order valence-electron chi connectivity index (χ3n) is 2.02. The monoisotopic (exact) mass is 232 g/mol. The highest BCUT2D eigenvalue weighted by molar-refractivity contribution is 7.90. The Morgan fingerprint density at radius 2 is 1.93 bits per heavy atom. The molecule has 0 heterocycles. The number of hydrogen-bond donors (Lipinski definition) is 0. The van der Waals surface area contributed by atoms with Gasteiger partial charge in [0, 0.05) is 5.88 Å². The number of aryl methyl sites for hydroxylation is 1. The first-order valence-corrected chi connectivity index (χ1v) is 6.71. The predicted octanol–water partition coefficient (Wildman–Crippen LogP) is 2.15. The Morgan fingerprint density at radius 3 is 2.50 bits per heavy atom. The Morgan fingerprint density at radius 1 is 1.29 bits per heavy atom. The summed E-state index contributed by atoms with van der Waals surface area (Å²) in [6.45, 7) is 1.91. The Balaban J connectivity index is 2.84. The molecule has 0 spiro atoms. The van der Waals surface area contributed by atoms with Crippen molar-refractivity contribution in [1.29, 1.82) is 0 Å². The molecule has 0 bridgehead atoms. The fraction of sp³-hybridized carbons (Fsp3) is 0.400. The Labute approximate surface area is 89.8 Å². The molecule has 0 saturated heterocycles. The third kappa shape index (κ3) is 3.31. The first-order valence-electron chi connectivity index (χ1n) is 4.36. The van der Waals surface area contributed by atoms with Crippen molar-refractivity contribution in [3.8, 4) is 0 Å². The van der Waals surface area contributed by atoms with E-state index in [1.54, 1.807) is 0 Å². The lowest BCUT2D eigenvalue weighted by atomic mass is 10.1. The van der Waals surface area contributed by atoms with Crippen LogP contribution in [0.5, 0.6) is 0 Å². The molecule has 0 fully saturated rings. The van der Waals surface area contributed by atoms with Gasteiger partial charge in [0.25, 0.3) is 0 Å². The van der Waals surface area contributed by atoms with E-state index in [1.807, 2.05) is 31.2 Å². The Kier molecular flexibility index (Phi) is 3.96. The molecule has 0 aliphatic carbocycles. The van der Waals surface area contributed by atoms with Crippen molar-refractivity contribution in [3.05, 3.63) is 35.4 Å². The zero-order valence-electron chi connectivity index (χ0n) is 8.03. The van der Waals surface area contributed by atoms with E-state index in [-0.39, 0.29) is 17.4 Å². The molecule has 2 nitrogen and oxygen atoms in total. The van der Waals surface area contributed by atoms with Gasteiger partial charge in [0.1, 0.15) is 0 Å². The van der Waals surface area contributed by atoms with Crippen molar-refractivity contribution >= 4 is 21.4 Å². The normalized spacial score (nSPS) is 11.6. The first kappa shape index (κ1) is 11.5. The standard InChI is InChI=1S/C10H13ClO2S/c1-9-4-2-3-5-10(9)8-14(12,13)7-6-11/h2-5H,6-8H2,1H3. The van der Waals surface area contributed by atoms with Crippen molar-refractivity contribution in [1.82, 2.24) is 0 Å². The fourth-order valence-corrected chi connectivity index (χ4v) is 3.08. The molecular weight excluding hydrogens is 220 g/mol. The molecule has 0 unspecified atom stereocenters. The number of halogens is 1. The van der Waals surface area contributed by atoms with Crippen LogP contribution in [-0.2, 0) is 15.6 Å². The van der Waals surface area contributed by atoms with Crippen LogP contribution in [0.15, 0.2) is 24.3 Å². The van der Waals surface area contributed by atoms with E-state index in [1.165, 1.54) is 0 Å². The molecule has 4 heteroatoms. The predicted molar refractivity (Wildman–Crippen MR) is 59.4 cm³/mol. The molecule has 0 aliphatic heterocycles. The van der Waals surface area contributed by atoms with E-state index >= 15 is 0 Å². The van der Waals surface area contributed by atoms with Crippen molar-refractivity contribution in [2.45, 2.75) is 12.7 Å². The topological polar surface area (TPSA) is 34.1 Å². The molecule has 0 aliphatic rings. The lowest BCUT2D eigenvalue weighted by Crippen LogP contribution is -2.11. The molecule has 1 aromatic rings. The largest absolute Gasteiger partial charge is 0.228 e. The summed E-state index contributed by atoms with van der Waals surface area (Å²) in [6.07, 6.45) is 0. The number of hydrogen-bond acceptors (Lipinski definition) is 2. The van der Waals surface area contributed by atoms with Crippen LogP contribution in [0.4, 0.5) is 0 Å². The third-order valence-corrected chi connectivity index (χ3v) is 4.01. The van der Waals surface area contributed by atoms with Gasteiger partial charge < -0.3 is 0 Å². The zero-order chi connectivity index (χ0) is 10.6. The summed E-state index contributed by atoms with van der Waals surface area (Å²) in [6, 6.07) is 7.48. The van der Waals surface area contributed by atoms with Crippen LogP contribution >= 0.6 is 11.6 Å². The van der Waals surface area contributed by atoms with E-state index in [9.17, 15) is 8.42 Å². The molecule has 0 N–H and O–H groups in total. The van der Waals surface area contributed by atoms with Gasteiger partial charge in [-0.25, -0.2) is 8.42 Å². The van der Waals surface area contributed by atoms with Crippen LogP contribution in [0.1, 0.15) is 11.1 Å². The molecule has 0 radical (unpaired) electrons. The summed E-state index contributed by atoms with van der Waals surface area (Å²) in [5.41, 5.74) is 1.86. The second-order valence-electron chi connectivity index (χ2n) is 3.21. The van der Waals surface area contributed by atoms with Gasteiger partial charge in [-0.2, -0.15) is 0 Å². The summed E-state index contributed by atoms with van der Waals surface area (Å²) < 4.78 is 22.9. The highest BCUT2D eigenvalue weighted by Crippen LogP contribution is 2.11. The minimum atomic E-state index is -3.04. The van der Waals surface area contributed by atoms with E-state index in [0.29, 0.717) is 0 Å². The van der Waals surface area contributed by atoms with Crippen LogP contribution in [0.2, 0.25) is 0 Å². The molecule has 0 aromatic heterocycles. The lowest BCUT2D eigenvalue weighted by Gasteiger charge is -2.05. The molecular formula is C10H13ClO2S. The maximum atomic E-state index is 11.5. The molecule has 1 rings (SSSR count). The maximum absolute atomic E-state index is 11.5. The minimum Gasteiger partial charge on any atom is -0.228 e. The summed E-state index contributed by atoms with van der Waals surface area (Å²) in [5, 5.41) is 0. The van der Waals surface area contributed by atoms with E-state index < -0.39 is 9.84 Å². The highest BCUT2D eigenvalue weighted by atomic mass is 35.5. The average molecular weight is 233 g/mol. The van der Waals surface area contributed by atoms with Gasteiger partial charge >= 0.3 is 0 Å². The second-order valence-corrected chi connectivity index (χ2v) is 5.77.